The SMILES string of the molecule is CCNC(=NCC1CCS(=O)(=O)C1)N1CC2C3CCC(O3)C2C1. The van der Waals surface area contributed by atoms with Crippen LogP contribution in [0.1, 0.15) is 26.2 Å². The van der Waals surface area contributed by atoms with Gasteiger partial charge in [-0.1, -0.05) is 0 Å². The molecule has 0 amide bonds. The monoisotopic (exact) mass is 341 g/mol. The van der Waals surface area contributed by atoms with Gasteiger partial charge in [0.05, 0.1) is 23.7 Å². The van der Waals surface area contributed by atoms with Gasteiger partial charge in [0.25, 0.3) is 0 Å². The zero-order valence-corrected chi connectivity index (χ0v) is 14.6. The average Bonchev–Trinajstić information content (AvgIpc) is 3.24. The quantitative estimate of drug-likeness (QED) is 0.598. The fourth-order valence-corrected chi connectivity index (χ4v) is 6.64. The van der Waals surface area contributed by atoms with Crippen LogP contribution in [0.15, 0.2) is 4.99 Å². The normalized spacial score (nSPS) is 41.5. The van der Waals surface area contributed by atoms with Crippen molar-refractivity contribution in [2.75, 3.05) is 37.7 Å². The van der Waals surface area contributed by atoms with E-state index in [2.05, 4.69) is 17.1 Å². The third kappa shape index (κ3) is 2.97. The van der Waals surface area contributed by atoms with Crippen molar-refractivity contribution in [1.82, 2.24) is 10.2 Å². The van der Waals surface area contributed by atoms with Crippen LogP contribution in [-0.4, -0.2) is 69.2 Å². The van der Waals surface area contributed by atoms with Crippen LogP contribution >= 0.6 is 0 Å². The predicted octanol–water partition coefficient (Wildman–Crippen LogP) is 0.496. The number of aliphatic imine (C=N–C) groups is 1. The zero-order chi connectivity index (χ0) is 16.0. The molecule has 5 unspecified atom stereocenters. The molecule has 0 aromatic rings. The lowest BCUT2D eigenvalue weighted by molar-refractivity contribution is 0.0767. The highest BCUT2D eigenvalue weighted by Crippen LogP contribution is 2.47. The molecular formula is C16H27N3O3S. The van der Waals surface area contributed by atoms with Gasteiger partial charge < -0.3 is 15.0 Å². The molecular weight excluding hydrogens is 314 g/mol. The second-order valence-corrected chi connectivity index (χ2v) is 9.72. The van der Waals surface area contributed by atoms with Crippen molar-refractivity contribution in [3.05, 3.63) is 0 Å². The second kappa shape index (κ2) is 5.92. The number of guanidine groups is 1. The number of ether oxygens (including phenoxy) is 1. The van der Waals surface area contributed by atoms with Crippen molar-refractivity contribution in [3.8, 4) is 0 Å². The van der Waals surface area contributed by atoms with E-state index in [1.54, 1.807) is 0 Å². The van der Waals surface area contributed by atoms with Crippen molar-refractivity contribution < 1.29 is 13.2 Å². The summed E-state index contributed by atoms with van der Waals surface area (Å²) >= 11 is 0. The number of likely N-dealkylation sites (tertiary alicyclic amines) is 1. The molecule has 4 saturated heterocycles. The maximum absolute atomic E-state index is 11.6. The number of hydrogen-bond acceptors (Lipinski definition) is 4. The molecule has 6 nitrogen and oxygen atoms in total. The highest BCUT2D eigenvalue weighted by atomic mass is 32.2. The number of sulfone groups is 1. The lowest BCUT2D eigenvalue weighted by Gasteiger charge is -2.23. The Balaban J connectivity index is 1.41. The van der Waals surface area contributed by atoms with E-state index < -0.39 is 9.84 Å². The molecule has 7 heteroatoms. The minimum Gasteiger partial charge on any atom is -0.374 e. The molecule has 5 atom stereocenters. The van der Waals surface area contributed by atoms with Crippen LogP contribution in [0, 0.1) is 17.8 Å². The largest absolute Gasteiger partial charge is 0.374 e. The van der Waals surface area contributed by atoms with E-state index in [0.29, 0.717) is 42.1 Å². The highest BCUT2D eigenvalue weighted by Gasteiger charge is 2.53. The fraction of sp³-hybridized carbons (Fsp3) is 0.938. The van der Waals surface area contributed by atoms with Gasteiger partial charge >= 0.3 is 0 Å². The first kappa shape index (κ1) is 15.7. The standard InChI is InChI=1S/C16H27N3O3S/c1-2-17-16(18-7-11-5-6-23(20,21)10-11)19-8-12-13(9-19)15-4-3-14(12)22-15/h11-15H,2-10H2,1H3,(H,17,18). The number of hydrogen-bond donors (Lipinski definition) is 1. The summed E-state index contributed by atoms with van der Waals surface area (Å²) in [5.41, 5.74) is 0. The Kier molecular flexibility index (Phi) is 4.04. The van der Waals surface area contributed by atoms with Crippen LogP contribution in [-0.2, 0) is 14.6 Å². The van der Waals surface area contributed by atoms with Crippen molar-refractivity contribution >= 4 is 15.8 Å². The number of nitrogens with one attached hydrogen (secondary N) is 1. The van der Waals surface area contributed by atoms with Crippen LogP contribution in [0.4, 0.5) is 0 Å². The molecule has 4 fully saturated rings. The smallest absolute Gasteiger partial charge is 0.193 e. The van der Waals surface area contributed by atoms with E-state index in [4.69, 9.17) is 9.73 Å². The van der Waals surface area contributed by atoms with E-state index >= 15 is 0 Å². The summed E-state index contributed by atoms with van der Waals surface area (Å²) in [4.78, 5) is 7.14. The summed E-state index contributed by atoms with van der Waals surface area (Å²) in [6.45, 7) is 5.61. The molecule has 0 spiro atoms. The molecule has 2 bridgehead atoms. The van der Waals surface area contributed by atoms with Gasteiger partial charge in [0.15, 0.2) is 15.8 Å². The van der Waals surface area contributed by atoms with E-state index in [9.17, 15) is 8.42 Å². The van der Waals surface area contributed by atoms with Crippen molar-refractivity contribution in [2.45, 2.75) is 38.4 Å². The van der Waals surface area contributed by atoms with Gasteiger partial charge in [0.2, 0.25) is 0 Å². The molecule has 1 N–H and O–H groups in total. The number of fused-ring (bicyclic) bond motifs is 5. The summed E-state index contributed by atoms with van der Waals surface area (Å²) < 4.78 is 29.2. The van der Waals surface area contributed by atoms with E-state index in [1.165, 1.54) is 12.8 Å². The van der Waals surface area contributed by atoms with Crippen LogP contribution < -0.4 is 5.32 Å². The third-order valence-corrected chi connectivity index (χ3v) is 7.75. The lowest BCUT2D eigenvalue weighted by Crippen LogP contribution is -2.41. The Morgan fingerprint density at radius 1 is 1.22 bits per heavy atom. The molecule has 130 valence electrons. The van der Waals surface area contributed by atoms with Gasteiger partial charge in [-0.25, -0.2) is 8.42 Å². The average molecular weight is 341 g/mol. The van der Waals surface area contributed by atoms with Gasteiger partial charge in [-0.2, -0.15) is 0 Å². The Hall–Kier alpha value is -0.820. The third-order valence-electron chi connectivity index (χ3n) is 5.91. The minimum absolute atomic E-state index is 0.190. The Morgan fingerprint density at radius 2 is 1.91 bits per heavy atom. The molecule has 4 rings (SSSR count). The first-order valence-electron chi connectivity index (χ1n) is 8.95. The van der Waals surface area contributed by atoms with E-state index in [0.717, 1.165) is 32.0 Å². The van der Waals surface area contributed by atoms with Crippen molar-refractivity contribution in [3.63, 3.8) is 0 Å². The molecule has 4 aliphatic heterocycles. The second-order valence-electron chi connectivity index (χ2n) is 7.49. The summed E-state index contributed by atoms with van der Waals surface area (Å²) in [7, 11) is -2.81. The van der Waals surface area contributed by atoms with Gasteiger partial charge in [0, 0.05) is 38.0 Å². The highest BCUT2D eigenvalue weighted by molar-refractivity contribution is 7.91. The van der Waals surface area contributed by atoms with Crippen LogP contribution in [0.2, 0.25) is 0 Å². The maximum Gasteiger partial charge on any atom is 0.193 e. The van der Waals surface area contributed by atoms with Gasteiger partial charge in [-0.05, 0) is 32.1 Å². The topological polar surface area (TPSA) is 71.0 Å². The number of nitrogens with zero attached hydrogens (tertiary/aromatic N) is 2. The Bertz CT molecular complexity index is 573. The molecule has 4 heterocycles. The summed E-state index contributed by atoms with van der Waals surface area (Å²) in [5.74, 6) is 3.10. The van der Waals surface area contributed by atoms with Crippen LogP contribution in [0.3, 0.4) is 0 Å². The van der Waals surface area contributed by atoms with Crippen LogP contribution in [0.5, 0.6) is 0 Å². The van der Waals surface area contributed by atoms with E-state index in [-0.39, 0.29) is 5.92 Å². The minimum atomic E-state index is -2.81. The van der Waals surface area contributed by atoms with Crippen LogP contribution in [0.25, 0.3) is 0 Å². The van der Waals surface area contributed by atoms with Gasteiger partial charge in [-0.15, -0.1) is 0 Å². The molecule has 23 heavy (non-hydrogen) atoms. The molecule has 0 aliphatic carbocycles. The molecule has 4 aliphatic rings. The predicted molar refractivity (Wildman–Crippen MR) is 89.2 cm³/mol. The summed E-state index contributed by atoms with van der Waals surface area (Å²) in [5, 5.41) is 3.39. The van der Waals surface area contributed by atoms with E-state index in [1.807, 2.05) is 0 Å². The number of rotatable bonds is 3. The Labute approximate surface area is 138 Å². The van der Waals surface area contributed by atoms with Crippen molar-refractivity contribution in [2.24, 2.45) is 22.7 Å². The maximum atomic E-state index is 11.6. The molecule has 0 saturated carbocycles. The Morgan fingerprint density at radius 3 is 2.48 bits per heavy atom. The first-order valence-corrected chi connectivity index (χ1v) is 10.8. The zero-order valence-electron chi connectivity index (χ0n) is 13.8. The lowest BCUT2D eigenvalue weighted by atomic mass is 9.82. The molecule has 0 aromatic carbocycles. The van der Waals surface area contributed by atoms with Crippen molar-refractivity contribution in [1.29, 1.82) is 0 Å². The molecule has 0 radical (unpaired) electrons. The summed E-state index contributed by atoms with van der Waals surface area (Å²) in [6.07, 6.45) is 4.10. The molecule has 0 aromatic heterocycles. The first-order chi connectivity index (χ1) is 11.1. The van der Waals surface area contributed by atoms with Gasteiger partial charge in [0.1, 0.15) is 0 Å². The fourth-order valence-electron chi connectivity index (χ4n) is 4.79. The van der Waals surface area contributed by atoms with Gasteiger partial charge in [-0.3, -0.25) is 4.99 Å². The summed E-state index contributed by atoms with van der Waals surface area (Å²) in [6, 6.07) is 0.